The third kappa shape index (κ3) is 1.99. The molecule has 0 aliphatic rings. The standard InChI is InChI=1S/C8H8O.H2O/c1-7-3-2-4-8(5-7)6-9;/h2-6H,1H3;1H2. The molecule has 0 saturated carbocycles. The highest BCUT2D eigenvalue weighted by molar-refractivity contribution is 5.74. The average molecular weight is 138 g/mol. The molecule has 0 heterocycles. The Balaban J connectivity index is 0.000000810. The maximum absolute atomic E-state index is 10.2. The number of carbonyl (C=O) groups is 1. The SMILES string of the molecule is Cc1cccc(C=O)c1.O. The van der Waals surface area contributed by atoms with Crippen LogP contribution in [0.15, 0.2) is 24.3 Å². The molecular weight excluding hydrogens is 128 g/mol. The van der Waals surface area contributed by atoms with E-state index >= 15 is 0 Å². The molecule has 1 rings (SSSR count). The van der Waals surface area contributed by atoms with Gasteiger partial charge in [-0.1, -0.05) is 23.8 Å². The van der Waals surface area contributed by atoms with E-state index in [0.717, 1.165) is 17.4 Å². The number of benzene rings is 1. The zero-order valence-electron chi connectivity index (χ0n) is 5.79. The van der Waals surface area contributed by atoms with Gasteiger partial charge in [0.15, 0.2) is 0 Å². The van der Waals surface area contributed by atoms with Crippen LogP contribution < -0.4 is 0 Å². The lowest BCUT2D eigenvalue weighted by atomic mass is 10.2. The summed E-state index contributed by atoms with van der Waals surface area (Å²) in [7, 11) is 0. The van der Waals surface area contributed by atoms with Crippen molar-refractivity contribution in [2.24, 2.45) is 0 Å². The Hall–Kier alpha value is -1.15. The highest BCUT2D eigenvalue weighted by Crippen LogP contribution is 1.99. The summed E-state index contributed by atoms with van der Waals surface area (Å²) in [5.74, 6) is 0. The van der Waals surface area contributed by atoms with Crippen LogP contribution >= 0.6 is 0 Å². The number of hydrogen-bond acceptors (Lipinski definition) is 1. The lowest BCUT2D eigenvalue weighted by molar-refractivity contribution is 0.112. The molecule has 0 aliphatic carbocycles. The summed E-state index contributed by atoms with van der Waals surface area (Å²) in [6.45, 7) is 1.97. The second kappa shape index (κ2) is 3.80. The van der Waals surface area contributed by atoms with E-state index in [0.29, 0.717) is 0 Å². The molecule has 54 valence electrons. The summed E-state index contributed by atoms with van der Waals surface area (Å²) < 4.78 is 0. The second-order valence-electron chi connectivity index (χ2n) is 2.03. The lowest BCUT2D eigenvalue weighted by Gasteiger charge is -1.89. The number of aldehydes is 1. The van der Waals surface area contributed by atoms with Crippen LogP contribution in [-0.2, 0) is 0 Å². The first-order valence-electron chi connectivity index (χ1n) is 2.85. The van der Waals surface area contributed by atoms with Crippen LogP contribution in [0.1, 0.15) is 15.9 Å². The van der Waals surface area contributed by atoms with Crippen LogP contribution in [0, 0.1) is 6.92 Å². The van der Waals surface area contributed by atoms with Gasteiger partial charge < -0.3 is 5.48 Å². The van der Waals surface area contributed by atoms with E-state index in [-0.39, 0.29) is 5.48 Å². The molecule has 0 radical (unpaired) electrons. The highest BCUT2D eigenvalue weighted by atomic mass is 16.1. The summed E-state index contributed by atoms with van der Waals surface area (Å²) in [6, 6.07) is 7.49. The van der Waals surface area contributed by atoms with Crippen LogP contribution in [0.2, 0.25) is 0 Å². The van der Waals surface area contributed by atoms with E-state index in [1.54, 1.807) is 6.07 Å². The number of carbonyl (C=O) groups excluding carboxylic acids is 1. The fourth-order valence-electron chi connectivity index (χ4n) is 0.743. The molecule has 0 bridgehead atoms. The predicted octanol–water partition coefficient (Wildman–Crippen LogP) is 0.983. The Morgan fingerprint density at radius 2 is 2.10 bits per heavy atom. The summed E-state index contributed by atoms with van der Waals surface area (Å²) in [5, 5.41) is 0. The third-order valence-electron chi connectivity index (χ3n) is 1.18. The van der Waals surface area contributed by atoms with Gasteiger partial charge in [0.05, 0.1) is 0 Å². The Morgan fingerprint density at radius 1 is 1.40 bits per heavy atom. The van der Waals surface area contributed by atoms with Crippen molar-refractivity contribution in [2.45, 2.75) is 6.92 Å². The minimum Gasteiger partial charge on any atom is -0.412 e. The molecule has 1 aromatic rings. The van der Waals surface area contributed by atoms with E-state index in [9.17, 15) is 4.79 Å². The smallest absolute Gasteiger partial charge is 0.150 e. The van der Waals surface area contributed by atoms with Gasteiger partial charge in [0.25, 0.3) is 0 Å². The van der Waals surface area contributed by atoms with Crippen molar-refractivity contribution >= 4 is 6.29 Å². The zero-order valence-corrected chi connectivity index (χ0v) is 5.79. The first-order valence-corrected chi connectivity index (χ1v) is 2.85. The molecule has 0 spiro atoms. The van der Waals surface area contributed by atoms with Gasteiger partial charge in [-0.25, -0.2) is 0 Å². The summed E-state index contributed by atoms with van der Waals surface area (Å²) >= 11 is 0. The third-order valence-corrected chi connectivity index (χ3v) is 1.18. The quantitative estimate of drug-likeness (QED) is 0.533. The van der Waals surface area contributed by atoms with Gasteiger partial charge in [-0.15, -0.1) is 0 Å². The van der Waals surface area contributed by atoms with Gasteiger partial charge in [-0.05, 0) is 13.0 Å². The van der Waals surface area contributed by atoms with Gasteiger partial charge in [-0.2, -0.15) is 0 Å². The van der Waals surface area contributed by atoms with E-state index in [1.807, 2.05) is 25.1 Å². The Bertz CT molecular complexity index is 218. The molecule has 0 aromatic heterocycles. The summed E-state index contributed by atoms with van der Waals surface area (Å²) in [6.07, 6.45) is 0.854. The van der Waals surface area contributed by atoms with Crippen LogP contribution in [0.4, 0.5) is 0 Å². The minimum absolute atomic E-state index is 0. The predicted molar refractivity (Wildman–Crippen MR) is 40.2 cm³/mol. The minimum atomic E-state index is 0. The molecule has 2 nitrogen and oxygen atoms in total. The van der Waals surface area contributed by atoms with Crippen LogP contribution in [0.25, 0.3) is 0 Å². The Labute approximate surface area is 59.8 Å². The normalized spacial score (nSPS) is 8.10. The van der Waals surface area contributed by atoms with Crippen LogP contribution in [-0.4, -0.2) is 11.8 Å². The van der Waals surface area contributed by atoms with Crippen LogP contribution in [0.5, 0.6) is 0 Å². The van der Waals surface area contributed by atoms with Crippen molar-refractivity contribution in [1.29, 1.82) is 0 Å². The lowest BCUT2D eigenvalue weighted by Crippen LogP contribution is -1.78. The van der Waals surface area contributed by atoms with Crippen molar-refractivity contribution in [3.8, 4) is 0 Å². The molecule has 10 heavy (non-hydrogen) atoms. The molecule has 2 N–H and O–H groups in total. The first-order chi connectivity index (χ1) is 4.33. The molecule has 2 heteroatoms. The number of rotatable bonds is 1. The maximum Gasteiger partial charge on any atom is 0.150 e. The van der Waals surface area contributed by atoms with Gasteiger partial charge >= 0.3 is 0 Å². The van der Waals surface area contributed by atoms with Gasteiger partial charge in [0, 0.05) is 5.56 Å². The zero-order chi connectivity index (χ0) is 6.69. The van der Waals surface area contributed by atoms with Crippen molar-refractivity contribution in [1.82, 2.24) is 0 Å². The molecule has 0 unspecified atom stereocenters. The topological polar surface area (TPSA) is 48.6 Å². The van der Waals surface area contributed by atoms with E-state index in [2.05, 4.69) is 0 Å². The Morgan fingerprint density at radius 3 is 2.50 bits per heavy atom. The molecule has 1 aromatic carbocycles. The molecule has 0 fully saturated rings. The van der Waals surface area contributed by atoms with Gasteiger partial charge in [0.1, 0.15) is 6.29 Å². The van der Waals surface area contributed by atoms with Crippen molar-refractivity contribution in [2.75, 3.05) is 0 Å². The van der Waals surface area contributed by atoms with Crippen LogP contribution in [0.3, 0.4) is 0 Å². The van der Waals surface area contributed by atoms with Gasteiger partial charge in [-0.3, -0.25) is 4.79 Å². The number of aryl methyl sites for hydroxylation is 1. The van der Waals surface area contributed by atoms with E-state index in [4.69, 9.17) is 0 Å². The molecule has 0 atom stereocenters. The Kier molecular flexibility index (Phi) is 3.36. The highest BCUT2D eigenvalue weighted by Gasteiger charge is 1.86. The summed E-state index contributed by atoms with van der Waals surface area (Å²) in [4.78, 5) is 10.2. The summed E-state index contributed by atoms with van der Waals surface area (Å²) in [5.41, 5.74) is 1.87. The maximum atomic E-state index is 10.2. The number of hydrogen-bond donors (Lipinski definition) is 0. The van der Waals surface area contributed by atoms with Crippen molar-refractivity contribution < 1.29 is 10.3 Å². The fraction of sp³-hybridized carbons (Fsp3) is 0.125. The molecule has 0 amide bonds. The molecular formula is C8H10O2. The first kappa shape index (κ1) is 8.85. The van der Waals surface area contributed by atoms with E-state index < -0.39 is 0 Å². The monoisotopic (exact) mass is 138 g/mol. The van der Waals surface area contributed by atoms with E-state index in [1.165, 1.54) is 0 Å². The van der Waals surface area contributed by atoms with Crippen molar-refractivity contribution in [3.05, 3.63) is 35.4 Å². The fourth-order valence-corrected chi connectivity index (χ4v) is 0.743. The van der Waals surface area contributed by atoms with Gasteiger partial charge in [0.2, 0.25) is 0 Å². The second-order valence-corrected chi connectivity index (χ2v) is 2.03. The molecule has 0 aliphatic heterocycles. The average Bonchev–Trinajstić information content (AvgIpc) is 1.88. The largest absolute Gasteiger partial charge is 0.412 e. The molecule has 0 saturated heterocycles. The van der Waals surface area contributed by atoms with Crippen molar-refractivity contribution in [3.63, 3.8) is 0 Å².